The van der Waals surface area contributed by atoms with Crippen LogP contribution in [-0.4, -0.2) is 32.3 Å². The van der Waals surface area contributed by atoms with E-state index in [0.717, 1.165) is 16.7 Å². The second-order valence-electron chi connectivity index (χ2n) is 7.06. The fraction of sp³-hybridized carbons (Fsp3) is 0.333. The molecule has 1 aliphatic heterocycles. The molecule has 2 aromatic rings. The van der Waals surface area contributed by atoms with Crippen molar-refractivity contribution < 1.29 is 17.9 Å². The van der Waals surface area contributed by atoms with E-state index in [4.69, 9.17) is 10.00 Å². The first-order chi connectivity index (χ1) is 13.3. The van der Waals surface area contributed by atoms with E-state index in [1.165, 1.54) is 0 Å². The zero-order valence-corrected chi connectivity index (χ0v) is 16.6. The van der Waals surface area contributed by atoms with Crippen LogP contribution in [0.1, 0.15) is 37.3 Å². The van der Waals surface area contributed by atoms with Gasteiger partial charge in [0, 0.05) is 5.92 Å². The second-order valence-corrected chi connectivity index (χ2v) is 9.33. The highest BCUT2D eigenvalue weighted by molar-refractivity contribution is 7.90. The van der Waals surface area contributed by atoms with E-state index < -0.39 is 27.3 Å². The van der Waals surface area contributed by atoms with Crippen LogP contribution in [0.25, 0.3) is 11.1 Å². The van der Waals surface area contributed by atoms with E-state index in [-0.39, 0.29) is 12.5 Å². The third-order valence-electron chi connectivity index (χ3n) is 4.93. The van der Waals surface area contributed by atoms with Crippen molar-refractivity contribution in [2.24, 2.45) is 0 Å². The Balaban J connectivity index is 1.85. The topological polar surface area (TPSA) is 96.3 Å². The molecule has 0 bridgehead atoms. The molecule has 1 N–H and O–H groups in total. The number of nitrogens with zero attached hydrogens (tertiary/aromatic N) is 1. The van der Waals surface area contributed by atoms with Gasteiger partial charge in [-0.3, -0.25) is 4.79 Å². The minimum atomic E-state index is -3.61. The van der Waals surface area contributed by atoms with Crippen molar-refractivity contribution in [3.8, 4) is 17.2 Å². The van der Waals surface area contributed by atoms with Crippen molar-refractivity contribution in [2.45, 2.75) is 37.5 Å². The number of cyclic esters (lactones) is 1. The highest BCUT2D eigenvalue weighted by Crippen LogP contribution is 2.31. The number of carbonyl (C=O) groups excluding carboxylic acids is 1. The SMILES string of the molecule is CC(C)S(=O)(=O)NC1C(=O)OCCC1c1ccc(-c2ccc(C#N)cc2)cc1. The van der Waals surface area contributed by atoms with Gasteiger partial charge in [0.1, 0.15) is 6.04 Å². The Morgan fingerprint density at radius 1 is 1.07 bits per heavy atom. The van der Waals surface area contributed by atoms with Gasteiger partial charge in [-0.25, -0.2) is 13.1 Å². The fourth-order valence-electron chi connectivity index (χ4n) is 3.17. The Bertz CT molecular complexity index is 990. The van der Waals surface area contributed by atoms with E-state index in [1.54, 1.807) is 26.0 Å². The first-order valence-corrected chi connectivity index (χ1v) is 10.6. The monoisotopic (exact) mass is 398 g/mol. The van der Waals surface area contributed by atoms with Gasteiger partial charge >= 0.3 is 5.97 Å². The van der Waals surface area contributed by atoms with Gasteiger partial charge in [0.15, 0.2) is 0 Å². The molecule has 28 heavy (non-hydrogen) atoms. The first kappa shape index (κ1) is 20.1. The maximum absolute atomic E-state index is 12.3. The molecule has 2 aromatic carbocycles. The van der Waals surface area contributed by atoms with Gasteiger partial charge in [0.25, 0.3) is 0 Å². The average molecular weight is 398 g/mol. The van der Waals surface area contributed by atoms with Gasteiger partial charge < -0.3 is 4.74 Å². The number of hydrogen-bond acceptors (Lipinski definition) is 5. The summed E-state index contributed by atoms with van der Waals surface area (Å²) in [7, 11) is -3.61. The Hall–Kier alpha value is -2.69. The largest absolute Gasteiger partial charge is 0.464 e. The summed E-state index contributed by atoms with van der Waals surface area (Å²) in [4.78, 5) is 12.3. The molecule has 0 aliphatic carbocycles. The number of sulfonamides is 1. The molecule has 2 unspecified atom stereocenters. The summed E-state index contributed by atoms with van der Waals surface area (Å²) in [6, 6.07) is 16.1. The summed E-state index contributed by atoms with van der Waals surface area (Å²) in [5.74, 6) is -0.832. The van der Waals surface area contributed by atoms with Crippen molar-refractivity contribution in [1.29, 1.82) is 5.26 Å². The average Bonchev–Trinajstić information content (AvgIpc) is 2.69. The van der Waals surface area contributed by atoms with E-state index in [9.17, 15) is 13.2 Å². The lowest BCUT2D eigenvalue weighted by Crippen LogP contribution is -2.50. The predicted octanol–water partition coefficient (Wildman–Crippen LogP) is 2.95. The van der Waals surface area contributed by atoms with Gasteiger partial charge in [-0.2, -0.15) is 5.26 Å². The van der Waals surface area contributed by atoms with Crippen molar-refractivity contribution in [2.75, 3.05) is 6.61 Å². The maximum atomic E-state index is 12.3. The number of hydrogen-bond donors (Lipinski definition) is 1. The number of carbonyl (C=O) groups is 1. The molecule has 1 fully saturated rings. The zero-order valence-electron chi connectivity index (χ0n) is 15.8. The quantitative estimate of drug-likeness (QED) is 0.781. The van der Waals surface area contributed by atoms with Gasteiger partial charge in [0.2, 0.25) is 10.0 Å². The van der Waals surface area contributed by atoms with E-state index in [0.29, 0.717) is 12.0 Å². The molecular weight excluding hydrogens is 376 g/mol. The highest BCUT2D eigenvalue weighted by atomic mass is 32.2. The molecular formula is C21H22N2O4S. The molecule has 3 rings (SSSR count). The Kier molecular flexibility index (Phi) is 5.82. The van der Waals surface area contributed by atoms with Crippen LogP contribution in [0.5, 0.6) is 0 Å². The summed E-state index contributed by atoms with van der Waals surface area (Å²) in [6.07, 6.45) is 0.549. The zero-order chi connectivity index (χ0) is 20.3. The smallest absolute Gasteiger partial charge is 0.324 e. The van der Waals surface area contributed by atoms with Crippen LogP contribution in [0.3, 0.4) is 0 Å². The number of benzene rings is 2. The van der Waals surface area contributed by atoms with Crippen molar-refractivity contribution in [3.63, 3.8) is 0 Å². The molecule has 0 saturated carbocycles. The summed E-state index contributed by atoms with van der Waals surface area (Å²) in [6.45, 7) is 3.40. The molecule has 7 heteroatoms. The number of rotatable bonds is 5. The molecule has 6 nitrogen and oxygen atoms in total. The lowest BCUT2D eigenvalue weighted by molar-refractivity contribution is -0.150. The molecule has 1 aliphatic rings. The maximum Gasteiger partial charge on any atom is 0.324 e. The van der Waals surface area contributed by atoms with Gasteiger partial charge in [-0.15, -0.1) is 0 Å². The molecule has 2 atom stereocenters. The Labute approximate surface area is 165 Å². The standard InChI is InChI=1S/C21H22N2O4S/c1-14(2)28(25,26)23-20-19(11-12-27-21(20)24)18-9-7-17(8-10-18)16-5-3-15(13-22)4-6-16/h3-10,14,19-20,23H,11-12H2,1-2H3. The third-order valence-corrected chi connectivity index (χ3v) is 6.75. The predicted molar refractivity (Wildman–Crippen MR) is 106 cm³/mol. The van der Waals surface area contributed by atoms with Crippen LogP contribution in [0, 0.1) is 11.3 Å². The lowest BCUT2D eigenvalue weighted by Gasteiger charge is -2.31. The summed E-state index contributed by atoms with van der Waals surface area (Å²) in [5, 5.41) is 8.27. The molecule has 146 valence electrons. The molecule has 0 spiro atoms. The molecule has 0 aromatic heterocycles. The van der Waals surface area contributed by atoms with Crippen LogP contribution < -0.4 is 4.72 Å². The summed E-state index contributed by atoms with van der Waals surface area (Å²) < 4.78 is 32.2. The van der Waals surface area contributed by atoms with Crippen LogP contribution >= 0.6 is 0 Å². The fourth-order valence-corrected chi connectivity index (χ4v) is 4.06. The second kappa shape index (κ2) is 8.13. The van der Waals surface area contributed by atoms with E-state index >= 15 is 0 Å². The minimum absolute atomic E-state index is 0.265. The van der Waals surface area contributed by atoms with Gasteiger partial charge in [-0.1, -0.05) is 36.4 Å². The molecule has 0 radical (unpaired) electrons. The molecule has 1 heterocycles. The lowest BCUT2D eigenvalue weighted by atomic mass is 9.87. The van der Waals surface area contributed by atoms with Crippen molar-refractivity contribution in [1.82, 2.24) is 4.72 Å². The summed E-state index contributed by atoms with van der Waals surface area (Å²) in [5.41, 5.74) is 3.43. The van der Waals surface area contributed by atoms with E-state index in [1.807, 2.05) is 36.4 Å². The third kappa shape index (κ3) is 4.24. The number of esters is 1. The van der Waals surface area contributed by atoms with Crippen LogP contribution in [0.2, 0.25) is 0 Å². The van der Waals surface area contributed by atoms with Crippen molar-refractivity contribution >= 4 is 16.0 Å². The van der Waals surface area contributed by atoms with Gasteiger partial charge in [-0.05, 0) is 49.1 Å². The summed E-state index contributed by atoms with van der Waals surface area (Å²) >= 11 is 0. The normalized spacial score (nSPS) is 19.9. The van der Waals surface area contributed by atoms with Gasteiger partial charge in [0.05, 0.1) is 23.5 Å². The first-order valence-electron chi connectivity index (χ1n) is 9.10. The van der Waals surface area contributed by atoms with Crippen LogP contribution in [0.4, 0.5) is 0 Å². The molecule has 1 saturated heterocycles. The van der Waals surface area contributed by atoms with Crippen molar-refractivity contribution in [3.05, 3.63) is 59.7 Å². The number of ether oxygens (including phenoxy) is 1. The Morgan fingerprint density at radius 3 is 2.18 bits per heavy atom. The number of nitrogens with one attached hydrogen (secondary N) is 1. The van der Waals surface area contributed by atoms with Crippen LogP contribution in [-0.2, 0) is 19.6 Å². The van der Waals surface area contributed by atoms with Crippen LogP contribution in [0.15, 0.2) is 48.5 Å². The number of nitriles is 1. The molecule has 0 amide bonds. The van der Waals surface area contributed by atoms with E-state index in [2.05, 4.69) is 10.8 Å². The Morgan fingerprint density at radius 2 is 1.64 bits per heavy atom. The minimum Gasteiger partial charge on any atom is -0.464 e. The highest BCUT2D eigenvalue weighted by Gasteiger charge is 2.38.